The van der Waals surface area contributed by atoms with E-state index in [1.54, 1.807) is 0 Å². The van der Waals surface area contributed by atoms with Crippen LogP contribution in [-0.2, 0) is 0 Å². The Morgan fingerprint density at radius 3 is 1.13 bits per heavy atom. The van der Waals surface area contributed by atoms with E-state index >= 15 is 0 Å². The van der Waals surface area contributed by atoms with E-state index in [1.807, 2.05) is 6.08 Å². The second-order valence-corrected chi connectivity index (χ2v) is 12.2. The molecular formula is C45H44N2. The third-order valence-electron chi connectivity index (χ3n) is 9.25. The van der Waals surface area contributed by atoms with Crippen molar-refractivity contribution in [2.45, 2.75) is 45.4 Å². The van der Waals surface area contributed by atoms with Gasteiger partial charge in [0.1, 0.15) is 0 Å². The van der Waals surface area contributed by atoms with E-state index in [1.165, 1.54) is 22.3 Å². The number of anilines is 6. The van der Waals surface area contributed by atoms with Crippen molar-refractivity contribution in [3.8, 4) is 11.1 Å². The molecule has 0 N–H and O–H groups in total. The van der Waals surface area contributed by atoms with Crippen LogP contribution in [0.4, 0.5) is 34.1 Å². The lowest BCUT2D eigenvalue weighted by Gasteiger charge is -2.26. The van der Waals surface area contributed by atoms with E-state index in [-0.39, 0.29) is 0 Å². The molecule has 0 heterocycles. The summed E-state index contributed by atoms with van der Waals surface area (Å²) in [5.74, 6) is 0.922. The van der Waals surface area contributed by atoms with E-state index in [2.05, 4.69) is 195 Å². The Morgan fingerprint density at radius 2 is 0.787 bits per heavy atom. The van der Waals surface area contributed by atoms with Gasteiger partial charge in [-0.05, 0) is 114 Å². The fourth-order valence-electron chi connectivity index (χ4n) is 6.25. The van der Waals surface area contributed by atoms with Crippen molar-refractivity contribution in [2.24, 2.45) is 0 Å². The Morgan fingerprint density at radius 1 is 0.447 bits per heavy atom. The molecule has 0 spiro atoms. The van der Waals surface area contributed by atoms with Gasteiger partial charge in [-0.25, -0.2) is 0 Å². The molecule has 2 heteroatoms. The van der Waals surface area contributed by atoms with Gasteiger partial charge in [0, 0.05) is 40.0 Å². The van der Waals surface area contributed by atoms with Crippen molar-refractivity contribution < 1.29 is 0 Å². The number of allylic oxidation sites excluding steroid dienone is 1. The van der Waals surface area contributed by atoms with E-state index in [0.717, 1.165) is 47.0 Å². The van der Waals surface area contributed by atoms with Crippen LogP contribution in [0.25, 0.3) is 11.1 Å². The summed E-state index contributed by atoms with van der Waals surface area (Å²) >= 11 is 0. The topological polar surface area (TPSA) is 6.48 Å². The minimum Gasteiger partial charge on any atom is -0.311 e. The minimum atomic E-state index is 0.370. The molecule has 0 aliphatic rings. The molecule has 0 bridgehead atoms. The predicted octanol–water partition coefficient (Wildman–Crippen LogP) is 13.5. The Hall–Kier alpha value is -5.34. The average Bonchev–Trinajstić information content (AvgIpc) is 3.14. The van der Waals surface area contributed by atoms with Gasteiger partial charge in [-0.2, -0.15) is 0 Å². The molecule has 2 atom stereocenters. The lowest BCUT2D eigenvalue weighted by atomic mass is 9.96. The first kappa shape index (κ1) is 31.6. The van der Waals surface area contributed by atoms with E-state index < -0.39 is 0 Å². The highest BCUT2D eigenvalue weighted by Gasteiger charge is 2.16. The minimum absolute atomic E-state index is 0.370. The highest BCUT2D eigenvalue weighted by molar-refractivity contribution is 5.80. The molecule has 6 aromatic carbocycles. The maximum Gasteiger partial charge on any atom is 0.0462 e. The molecule has 0 fully saturated rings. The summed E-state index contributed by atoms with van der Waals surface area (Å²) in [5.41, 5.74) is 11.9. The summed E-state index contributed by atoms with van der Waals surface area (Å²) in [6, 6.07) is 56.9. The SMILES string of the molecule is C=CC(CC)c1ccc(N(c2ccccc2)c2ccc(-c3ccc(N(c4ccccc4)c4ccc(C(C)CC)cc4)cc3)cc2)cc1. The second kappa shape index (κ2) is 14.8. The summed E-state index contributed by atoms with van der Waals surface area (Å²) in [5, 5.41) is 0. The zero-order valence-electron chi connectivity index (χ0n) is 27.8. The van der Waals surface area contributed by atoms with E-state index in [0.29, 0.717) is 11.8 Å². The lowest BCUT2D eigenvalue weighted by molar-refractivity contribution is 0.733. The maximum atomic E-state index is 4.03. The second-order valence-electron chi connectivity index (χ2n) is 12.2. The van der Waals surface area contributed by atoms with Gasteiger partial charge in [-0.15, -0.1) is 6.58 Å². The van der Waals surface area contributed by atoms with Crippen molar-refractivity contribution in [2.75, 3.05) is 9.80 Å². The molecule has 0 saturated heterocycles. The zero-order chi connectivity index (χ0) is 32.6. The molecule has 0 radical (unpaired) electrons. The first-order valence-electron chi connectivity index (χ1n) is 16.8. The van der Waals surface area contributed by atoms with Gasteiger partial charge >= 0.3 is 0 Å². The Bertz CT molecular complexity index is 1840. The monoisotopic (exact) mass is 612 g/mol. The van der Waals surface area contributed by atoms with Gasteiger partial charge in [0.2, 0.25) is 0 Å². The summed E-state index contributed by atoms with van der Waals surface area (Å²) in [4.78, 5) is 4.64. The molecular weight excluding hydrogens is 569 g/mol. The summed E-state index contributed by atoms with van der Waals surface area (Å²) < 4.78 is 0. The number of hydrogen-bond donors (Lipinski definition) is 0. The van der Waals surface area contributed by atoms with Gasteiger partial charge in [0.25, 0.3) is 0 Å². The third-order valence-corrected chi connectivity index (χ3v) is 9.25. The Labute approximate surface area is 281 Å². The molecule has 0 saturated carbocycles. The number of nitrogens with zero attached hydrogens (tertiary/aromatic N) is 2. The molecule has 6 aromatic rings. The quantitative estimate of drug-likeness (QED) is 0.127. The maximum absolute atomic E-state index is 4.03. The van der Waals surface area contributed by atoms with Gasteiger partial charge in [-0.3, -0.25) is 0 Å². The molecule has 6 rings (SSSR count). The van der Waals surface area contributed by atoms with Crippen LogP contribution < -0.4 is 9.80 Å². The number of para-hydroxylation sites is 2. The fraction of sp³-hybridized carbons (Fsp3) is 0.156. The summed E-state index contributed by atoms with van der Waals surface area (Å²) in [7, 11) is 0. The predicted molar refractivity (Wildman–Crippen MR) is 203 cm³/mol. The Kier molecular flexibility index (Phi) is 9.98. The van der Waals surface area contributed by atoms with Gasteiger partial charge < -0.3 is 9.80 Å². The third kappa shape index (κ3) is 7.08. The van der Waals surface area contributed by atoms with Crippen LogP contribution in [0.2, 0.25) is 0 Å². The molecule has 234 valence electrons. The molecule has 2 unspecified atom stereocenters. The van der Waals surface area contributed by atoms with Crippen LogP contribution in [0.15, 0.2) is 170 Å². The normalized spacial score (nSPS) is 12.2. The van der Waals surface area contributed by atoms with E-state index in [4.69, 9.17) is 0 Å². The number of rotatable bonds is 12. The van der Waals surface area contributed by atoms with Crippen LogP contribution >= 0.6 is 0 Å². The van der Waals surface area contributed by atoms with Crippen molar-refractivity contribution >= 4 is 34.1 Å². The fourth-order valence-corrected chi connectivity index (χ4v) is 6.25. The highest BCUT2D eigenvalue weighted by atomic mass is 15.1. The number of benzene rings is 6. The lowest BCUT2D eigenvalue weighted by Crippen LogP contribution is -2.10. The summed E-state index contributed by atoms with van der Waals surface area (Å²) in [6.07, 6.45) is 4.22. The molecule has 0 aromatic heterocycles. The molecule has 47 heavy (non-hydrogen) atoms. The van der Waals surface area contributed by atoms with Gasteiger partial charge in [-0.1, -0.05) is 112 Å². The highest BCUT2D eigenvalue weighted by Crippen LogP contribution is 2.38. The van der Waals surface area contributed by atoms with Crippen LogP contribution in [0.5, 0.6) is 0 Å². The van der Waals surface area contributed by atoms with Crippen LogP contribution in [0.1, 0.15) is 56.6 Å². The van der Waals surface area contributed by atoms with Crippen LogP contribution in [0.3, 0.4) is 0 Å². The van der Waals surface area contributed by atoms with Crippen molar-refractivity contribution in [3.63, 3.8) is 0 Å². The zero-order valence-corrected chi connectivity index (χ0v) is 27.8. The van der Waals surface area contributed by atoms with Crippen molar-refractivity contribution in [1.29, 1.82) is 0 Å². The van der Waals surface area contributed by atoms with Crippen LogP contribution in [-0.4, -0.2) is 0 Å². The van der Waals surface area contributed by atoms with E-state index in [9.17, 15) is 0 Å². The Balaban J connectivity index is 1.29. The molecule has 0 aliphatic carbocycles. The van der Waals surface area contributed by atoms with Gasteiger partial charge in [0.15, 0.2) is 0 Å². The largest absolute Gasteiger partial charge is 0.311 e. The average molecular weight is 613 g/mol. The molecule has 0 amide bonds. The van der Waals surface area contributed by atoms with Crippen molar-refractivity contribution in [3.05, 3.63) is 182 Å². The smallest absolute Gasteiger partial charge is 0.0462 e. The first-order valence-corrected chi connectivity index (χ1v) is 16.8. The van der Waals surface area contributed by atoms with Crippen molar-refractivity contribution in [1.82, 2.24) is 0 Å². The molecule has 2 nitrogen and oxygen atoms in total. The molecule has 0 aliphatic heterocycles. The number of hydrogen-bond acceptors (Lipinski definition) is 2. The summed E-state index contributed by atoms with van der Waals surface area (Å²) in [6.45, 7) is 10.8. The first-order chi connectivity index (χ1) is 23.1. The van der Waals surface area contributed by atoms with Gasteiger partial charge in [0.05, 0.1) is 0 Å². The standard InChI is InChI=1S/C45H44N2/c1-5-34(4)36-18-26-42(27-19-36)46(40-14-10-8-11-15-40)44-30-22-38(23-31-44)39-24-32-45(33-25-39)47(41-16-12-9-13-17-41)43-28-20-37(21-29-43)35(6-2)7-3/h6,8-35H,2,5,7H2,1,3-4H3. The van der Waals surface area contributed by atoms with Crippen LogP contribution in [0, 0.1) is 0 Å².